The lowest BCUT2D eigenvalue weighted by atomic mass is 9.97. The van der Waals surface area contributed by atoms with Crippen molar-refractivity contribution in [2.45, 2.75) is 6.92 Å². The Morgan fingerprint density at radius 1 is 1.17 bits per heavy atom. The first-order valence-corrected chi connectivity index (χ1v) is 7.52. The molecule has 0 fully saturated rings. The Labute approximate surface area is 139 Å². The molecule has 4 nitrogen and oxygen atoms in total. The average Bonchev–Trinajstić information content (AvgIpc) is 2.59. The van der Waals surface area contributed by atoms with E-state index in [9.17, 15) is 9.59 Å². The molecule has 0 unspecified atom stereocenters. The van der Waals surface area contributed by atoms with Crippen LogP contribution in [0.15, 0.2) is 70.4 Å². The number of benzene rings is 2. The van der Waals surface area contributed by atoms with Crippen LogP contribution in [-0.2, 0) is 4.74 Å². The molecule has 3 aromatic rings. The molecule has 0 atom stereocenters. The van der Waals surface area contributed by atoms with Gasteiger partial charge in [0.15, 0.2) is 0 Å². The molecule has 3 rings (SSSR count). The molecule has 0 N–H and O–H groups in total. The molecule has 1 aromatic heterocycles. The van der Waals surface area contributed by atoms with Crippen LogP contribution in [0.25, 0.3) is 22.1 Å². The van der Waals surface area contributed by atoms with Crippen LogP contribution in [-0.4, -0.2) is 12.6 Å². The molecule has 0 aliphatic carbocycles. The molecule has 0 aliphatic rings. The van der Waals surface area contributed by atoms with Gasteiger partial charge < -0.3 is 9.15 Å². The van der Waals surface area contributed by atoms with Crippen LogP contribution in [0, 0.1) is 6.92 Å². The predicted molar refractivity (Wildman–Crippen MR) is 93.1 cm³/mol. The van der Waals surface area contributed by atoms with Crippen LogP contribution in [0.4, 0.5) is 0 Å². The first-order valence-electron chi connectivity index (χ1n) is 7.52. The molecule has 0 amide bonds. The largest absolute Gasteiger partial charge is 0.458 e. The molecule has 120 valence electrons. The molecule has 4 heteroatoms. The van der Waals surface area contributed by atoms with Gasteiger partial charge in [0, 0.05) is 5.39 Å². The van der Waals surface area contributed by atoms with Gasteiger partial charge in [-0.2, -0.15) is 0 Å². The van der Waals surface area contributed by atoms with Gasteiger partial charge in [-0.25, -0.2) is 9.59 Å². The van der Waals surface area contributed by atoms with Gasteiger partial charge in [-0.15, -0.1) is 0 Å². The molecular formula is C20H16O4. The highest BCUT2D eigenvalue weighted by Crippen LogP contribution is 2.26. The zero-order valence-corrected chi connectivity index (χ0v) is 13.2. The van der Waals surface area contributed by atoms with Gasteiger partial charge in [-0.3, -0.25) is 0 Å². The molecule has 0 saturated carbocycles. The van der Waals surface area contributed by atoms with Gasteiger partial charge in [-0.1, -0.05) is 43.0 Å². The number of esters is 1. The Balaban J connectivity index is 2.13. The van der Waals surface area contributed by atoms with Gasteiger partial charge >= 0.3 is 11.6 Å². The zero-order valence-electron chi connectivity index (χ0n) is 13.2. The van der Waals surface area contributed by atoms with E-state index in [0.717, 1.165) is 5.39 Å². The maximum Gasteiger partial charge on any atom is 0.344 e. The van der Waals surface area contributed by atoms with Gasteiger partial charge in [0.1, 0.15) is 12.2 Å². The number of hydrogen-bond acceptors (Lipinski definition) is 4. The molecule has 0 spiro atoms. The second kappa shape index (κ2) is 6.54. The highest BCUT2D eigenvalue weighted by Gasteiger charge is 2.16. The second-order valence-corrected chi connectivity index (χ2v) is 5.35. The summed E-state index contributed by atoms with van der Waals surface area (Å²) in [5.41, 5.74) is 2.27. The van der Waals surface area contributed by atoms with Crippen LogP contribution in [0.5, 0.6) is 0 Å². The monoisotopic (exact) mass is 320 g/mol. The minimum atomic E-state index is -0.445. The lowest BCUT2D eigenvalue weighted by Crippen LogP contribution is -2.09. The summed E-state index contributed by atoms with van der Waals surface area (Å²) in [6, 6.07) is 14.3. The first kappa shape index (κ1) is 15.7. The van der Waals surface area contributed by atoms with Crippen molar-refractivity contribution in [2.24, 2.45) is 0 Å². The standard InChI is InChI=1S/C20H16O4/c1-3-11-23-19(21)16-9-6-8-15(13(16)2)17-12-14-7-4-5-10-18(14)24-20(17)22/h3-10,12H,1,11H2,2H3. The molecule has 0 bridgehead atoms. The molecule has 0 saturated heterocycles. The fraction of sp³-hybridized carbons (Fsp3) is 0.100. The zero-order chi connectivity index (χ0) is 17.1. The quantitative estimate of drug-likeness (QED) is 0.412. The third-order valence-electron chi connectivity index (χ3n) is 3.82. The number of rotatable bonds is 4. The highest BCUT2D eigenvalue weighted by molar-refractivity contribution is 5.94. The van der Waals surface area contributed by atoms with Crippen LogP contribution in [0.1, 0.15) is 15.9 Å². The highest BCUT2D eigenvalue weighted by atomic mass is 16.5. The summed E-state index contributed by atoms with van der Waals surface area (Å²) >= 11 is 0. The van der Waals surface area contributed by atoms with Crippen LogP contribution in [0.2, 0.25) is 0 Å². The van der Waals surface area contributed by atoms with Crippen molar-refractivity contribution in [3.8, 4) is 11.1 Å². The first-order chi connectivity index (χ1) is 11.6. The van der Waals surface area contributed by atoms with Crippen molar-refractivity contribution >= 4 is 16.9 Å². The Kier molecular flexibility index (Phi) is 4.29. The van der Waals surface area contributed by atoms with Gasteiger partial charge in [0.25, 0.3) is 0 Å². The fourth-order valence-electron chi connectivity index (χ4n) is 2.61. The number of ether oxygens (including phenoxy) is 1. The van der Waals surface area contributed by atoms with Crippen molar-refractivity contribution in [3.05, 3.63) is 82.7 Å². The second-order valence-electron chi connectivity index (χ2n) is 5.35. The Bertz CT molecular complexity index is 982. The van der Waals surface area contributed by atoms with Crippen molar-refractivity contribution in [2.75, 3.05) is 6.61 Å². The summed E-state index contributed by atoms with van der Waals surface area (Å²) in [6.45, 7) is 5.45. The minimum Gasteiger partial charge on any atom is -0.458 e. The van der Waals surface area contributed by atoms with Crippen LogP contribution in [0.3, 0.4) is 0 Å². The van der Waals surface area contributed by atoms with Crippen molar-refractivity contribution in [1.82, 2.24) is 0 Å². The summed E-state index contributed by atoms with van der Waals surface area (Å²) in [5, 5.41) is 0.825. The number of hydrogen-bond donors (Lipinski definition) is 0. The van der Waals surface area contributed by atoms with Crippen molar-refractivity contribution in [3.63, 3.8) is 0 Å². The molecule has 2 aromatic carbocycles. The molecular weight excluding hydrogens is 304 g/mol. The Morgan fingerprint density at radius 3 is 2.75 bits per heavy atom. The van der Waals surface area contributed by atoms with Crippen LogP contribution >= 0.6 is 0 Å². The SMILES string of the molecule is C=CCOC(=O)c1cccc(-c2cc3ccccc3oc2=O)c1C. The lowest BCUT2D eigenvalue weighted by Gasteiger charge is -2.10. The summed E-state index contributed by atoms with van der Waals surface area (Å²) in [4.78, 5) is 24.5. The Morgan fingerprint density at radius 2 is 1.96 bits per heavy atom. The van der Waals surface area contributed by atoms with E-state index in [-0.39, 0.29) is 6.61 Å². The molecule has 1 heterocycles. The molecule has 0 aliphatic heterocycles. The van der Waals surface area contributed by atoms with E-state index in [2.05, 4.69) is 6.58 Å². The maximum atomic E-state index is 12.3. The van der Waals surface area contributed by atoms with E-state index < -0.39 is 11.6 Å². The van der Waals surface area contributed by atoms with E-state index in [4.69, 9.17) is 9.15 Å². The smallest absolute Gasteiger partial charge is 0.344 e. The average molecular weight is 320 g/mol. The molecule has 0 radical (unpaired) electrons. The third-order valence-corrected chi connectivity index (χ3v) is 3.82. The van der Waals surface area contributed by atoms with E-state index in [1.54, 1.807) is 37.3 Å². The Hall–Kier alpha value is -3.14. The van der Waals surface area contributed by atoms with E-state index >= 15 is 0 Å². The number of carbonyl (C=O) groups is 1. The molecule has 24 heavy (non-hydrogen) atoms. The summed E-state index contributed by atoms with van der Waals surface area (Å²) in [7, 11) is 0. The minimum absolute atomic E-state index is 0.139. The third kappa shape index (κ3) is 2.86. The fourth-order valence-corrected chi connectivity index (χ4v) is 2.61. The van der Waals surface area contributed by atoms with E-state index in [1.165, 1.54) is 6.08 Å². The predicted octanol–water partition coefficient (Wildman–Crippen LogP) is 4.11. The number of para-hydroxylation sites is 1. The van der Waals surface area contributed by atoms with Crippen molar-refractivity contribution < 1.29 is 13.9 Å². The number of fused-ring (bicyclic) bond motifs is 1. The summed E-state index contributed by atoms with van der Waals surface area (Å²) in [5.74, 6) is -0.445. The topological polar surface area (TPSA) is 56.5 Å². The van der Waals surface area contributed by atoms with E-state index in [0.29, 0.717) is 27.8 Å². The summed E-state index contributed by atoms with van der Waals surface area (Å²) in [6.07, 6.45) is 1.51. The van der Waals surface area contributed by atoms with Crippen LogP contribution < -0.4 is 5.63 Å². The maximum absolute atomic E-state index is 12.3. The van der Waals surface area contributed by atoms with Crippen molar-refractivity contribution in [1.29, 1.82) is 0 Å². The summed E-state index contributed by atoms with van der Waals surface area (Å²) < 4.78 is 10.5. The lowest BCUT2D eigenvalue weighted by molar-refractivity contribution is 0.0549. The number of carbonyl (C=O) groups excluding carboxylic acids is 1. The van der Waals surface area contributed by atoms with Gasteiger partial charge in [-0.05, 0) is 36.2 Å². The van der Waals surface area contributed by atoms with E-state index in [1.807, 2.05) is 18.2 Å². The normalized spacial score (nSPS) is 10.5. The van der Waals surface area contributed by atoms with Gasteiger partial charge in [0.2, 0.25) is 0 Å². The van der Waals surface area contributed by atoms with Gasteiger partial charge in [0.05, 0.1) is 11.1 Å².